The zero-order valence-corrected chi connectivity index (χ0v) is 17.8. The molecule has 1 aromatic carbocycles. The maximum Gasteiger partial charge on any atom is 0.309 e. The lowest BCUT2D eigenvalue weighted by Gasteiger charge is -2.53. The Morgan fingerprint density at radius 3 is 2.54 bits per heavy atom. The predicted molar refractivity (Wildman–Crippen MR) is 111 cm³/mol. The van der Waals surface area contributed by atoms with Crippen LogP contribution in [0.4, 0.5) is 0 Å². The first-order chi connectivity index (χ1) is 13.2. The summed E-state index contributed by atoms with van der Waals surface area (Å²) >= 11 is 0. The number of benzene rings is 1. The molecule has 0 bridgehead atoms. The van der Waals surface area contributed by atoms with E-state index in [1.165, 1.54) is 35.1 Å². The molecule has 1 N–H and O–H groups in total. The van der Waals surface area contributed by atoms with E-state index in [2.05, 4.69) is 38.1 Å². The molecule has 3 aliphatic rings. The van der Waals surface area contributed by atoms with Crippen molar-refractivity contribution in [1.82, 2.24) is 0 Å². The Bertz CT molecular complexity index is 838. The van der Waals surface area contributed by atoms with Gasteiger partial charge in [-0.05, 0) is 85.0 Å². The SMILES string of the molecule is CON=C1CC2[C@](C)(C(=O)O)CCC[C@]2(C)c2cc(C3CC3)c(C(C)C)cc21. The molecule has 152 valence electrons. The third-order valence-electron chi connectivity index (χ3n) is 7.81. The molecular formula is C24H33NO3. The Hall–Kier alpha value is -1.84. The quantitative estimate of drug-likeness (QED) is 0.690. The van der Waals surface area contributed by atoms with Crippen molar-refractivity contribution in [2.45, 2.75) is 83.5 Å². The van der Waals surface area contributed by atoms with E-state index in [9.17, 15) is 9.90 Å². The molecule has 28 heavy (non-hydrogen) atoms. The average Bonchev–Trinajstić information content (AvgIpc) is 3.47. The number of rotatable bonds is 4. The van der Waals surface area contributed by atoms with Crippen molar-refractivity contribution in [1.29, 1.82) is 0 Å². The highest BCUT2D eigenvalue weighted by molar-refractivity contribution is 6.04. The normalized spacial score (nSPS) is 33.5. The fourth-order valence-electron chi connectivity index (χ4n) is 6.00. The molecule has 3 aliphatic carbocycles. The molecule has 1 aromatic rings. The van der Waals surface area contributed by atoms with Crippen molar-refractivity contribution in [3.63, 3.8) is 0 Å². The van der Waals surface area contributed by atoms with Crippen LogP contribution < -0.4 is 0 Å². The maximum absolute atomic E-state index is 12.3. The van der Waals surface area contributed by atoms with Crippen LogP contribution in [0.5, 0.6) is 0 Å². The molecule has 2 saturated carbocycles. The summed E-state index contributed by atoms with van der Waals surface area (Å²) in [6, 6.07) is 4.77. The van der Waals surface area contributed by atoms with Crippen LogP contribution >= 0.6 is 0 Å². The maximum atomic E-state index is 12.3. The Labute approximate surface area is 168 Å². The molecule has 0 spiro atoms. The number of hydrogen-bond donors (Lipinski definition) is 1. The Morgan fingerprint density at radius 1 is 1.25 bits per heavy atom. The third-order valence-corrected chi connectivity index (χ3v) is 7.81. The van der Waals surface area contributed by atoms with Crippen LogP contribution in [0, 0.1) is 11.3 Å². The van der Waals surface area contributed by atoms with Gasteiger partial charge in [-0.2, -0.15) is 0 Å². The molecular weight excluding hydrogens is 350 g/mol. The number of fused-ring (bicyclic) bond motifs is 3. The van der Waals surface area contributed by atoms with Crippen LogP contribution in [-0.4, -0.2) is 23.9 Å². The summed E-state index contributed by atoms with van der Waals surface area (Å²) < 4.78 is 0. The van der Waals surface area contributed by atoms with E-state index in [1.54, 1.807) is 7.11 Å². The first-order valence-electron chi connectivity index (χ1n) is 10.7. The Kier molecular flexibility index (Phi) is 4.59. The van der Waals surface area contributed by atoms with Gasteiger partial charge in [0.15, 0.2) is 0 Å². The summed E-state index contributed by atoms with van der Waals surface area (Å²) in [5, 5.41) is 14.5. The van der Waals surface area contributed by atoms with Crippen molar-refractivity contribution in [3.05, 3.63) is 34.4 Å². The minimum atomic E-state index is -0.727. The zero-order valence-electron chi connectivity index (χ0n) is 17.8. The van der Waals surface area contributed by atoms with Gasteiger partial charge in [0.25, 0.3) is 0 Å². The second-order valence-electron chi connectivity index (χ2n) is 9.93. The molecule has 0 saturated heterocycles. The standard InChI is InChI=1S/C24H33NO3/c1-14(2)16-11-18-19(12-17(16)15-7-8-15)23(3)9-6-10-24(4,22(26)27)21(23)13-20(18)25-28-5/h11-12,14-15,21H,6-10,13H2,1-5H3,(H,26,27)/t21?,23-,24-/m1/s1. The first kappa shape index (κ1) is 19.5. The number of carboxylic acid groups (broad SMARTS) is 1. The van der Waals surface area contributed by atoms with Crippen LogP contribution in [-0.2, 0) is 15.0 Å². The van der Waals surface area contributed by atoms with Crippen molar-refractivity contribution >= 4 is 11.7 Å². The van der Waals surface area contributed by atoms with Crippen LogP contribution in [0.1, 0.15) is 100 Å². The van der Waals surface area contributed by atoms with E-state index >= 15 is 0 Å². The van der Waals surface area contributed by atoms with Gasteiger partial charge in [0.1, 0.15) is 7.11 Å². The predicted octanol–water partition coefficient (Wildman–Crippen LogP) is 5.59. The fourth-order valence-corrected chi connectivity index (χ4v) is 6.00. The fraction of sp³-hybridized carbons (Fsp3) is 0.667. The monoisotopic (exact) mass is 383 g/mol. The van der Waals surface area contributed by atoms with E-state index in [0.29, 0.717) is 18.3 Å². The Balaban J connectivity index is 1.95. The van der Waals surface area contributed by atoms with Gasteiger partial charge in [-0.25, -0.2) is 0 Å². The van der Waals surface area contributed by atoms with Gasteiger partial charge in [-0.15, -0.1) is 0 Å². The van der Waals surface area contributed by atoms with Gasteiger partial charge >= 0.3 is 5.97 Å². The zero-order chi connectivity index (χ0) is 20.3. The topological polar surface area (TPSA) is 58.9 Å². The van der Waals surface area contributed by atoms with Gasteiger partial charge in [-0.1, -0.05) is 38.4 Å². The molecule has 4 rings (SSSR count). The van der Waals surface area contributed by atoms with E-state index in [0.717, 1.165) is 25.0 Å². The van der Waals surface area contributed by atoms with E-state index in [-0.39, 0.29) is 11.3 Å². The number of aliphatic carboxylic acids is 1. The van der Waals surface area contributed by atoms with Crippen molar-refractivity contribution in [2.24, 2.45) is 16.5 Å². The molecule has 3 atom stereocenters. The lowest BCUT2D eigenvalue weighted by Crippen LogP contribution is -2.53. The molecule has 1 unspecified atom stereocenters. The van der Waals surface area contributed by atoms with Crippen molar-refractivity contribution in [2.75, 3.05) is 7.11 Å². The number of oxime groups is 1. The van der Waals surface area contributed by atoms with Crippen molar-refractivity contribution < 1.29 is 14.7 Å². The van der Waals surface area contributed by atoms with Crippen LogP contribution in [0.25, 0.3) is 0 Å². The van der Waals surface area contributed by atoms with Gasteiger partial charge in [0.05, 0.1) is 11.1 Å². The summed E-state index contributed by atoms with van der Waals surface area (Å²) in [6.45, 7) is 8.76. The van der Waals surface area contributed by atoms with Gasteiger partial charge in [0.2, 0.25) is 0 Å². The number of nitrogens with zero attached hydrogens (tertiary/aromatic N) is 1. The molecule has 0 amide bonds. The third kappa shape index (κ3) is 2.79. The highest BCUT2D eigenvalue weighted by Gasteiger charge is 2.56. The second kappa shape index (κ2) is 6.60. The smallest absolute Gasteiger partial charge is 0.309 e. The van der Waals surface area contributed by atoms with Gasteiger partial charge < -0.3 is 9.94 Å². The minimum absolute atomic E-state index is 0.0320. The molecule has 0 aliphatic heterocycles. The van der Waals surface area contributed by atoms with Gasteiger partial charge in [-0.3, -0.25) is 4.79 Å². The summed E-state index contributed by atoms with van der Waals surface area (Å²) in [5.41, 5.74) is 5.45. The highest BCUT2D eigenvalue weighted by atomic mass is 16.6. The minimum Gasteiger partial charge on any atom is -0.481 e. The van der Waals surface area contributed by atoms with Crippen LogP contribution in [0.2, 0.25) is 0 Å². The molecule has 0 heterocycles. The summed E-state index contributed by atoms with van der Waals surface area (Å²) in [4.78, 5) is 17.5. The summed E-state index contributed by atoms with van der Waals surface area (Å²) in [6.07, 6.45) is 5.93. The van der Waals surface area contributed by atoms with E-state index in [4.69, 9.17) is 4.84 Å². The number of carbonyl (C=O) groups is 1. The first-order valence-corrected chi connectivity index (χ1v) is 10.7. The summed E-state index contributed by atoms with van der Waals surface area (Å²) in [5.74, 6) is 0.490. The number of carboxylic acids is 1. The molecule has 4 heteroatoms. The molecule has 4 nitrogen and oxygen atoms in total. The van der Waals surface area contributed by atoms with Crippen LogP contribution in [0.3, 0.4) is 0 Å². The molecule has 0 aromatic heterocycles. The average molecular weight is 384 g/mol. The largest absolute Gasteiger partial charge is 0.481 e. The van der Waals surface area contributed by atoms with E-state index < -0.39 is 11.4 Å². The highest BCUT2D eigenvalue weighted by Crippen LogP contribution is 2.58. The summed E-state index contributed by atoms with van der Waals surface area (Å²) in [7, 11) is 1.58. The molecule has 2 fully saturated rings. The second-order valence-corrected chi connectivity index (χ2v) is 9.93. The van der Waals surface area contributed by atoms with Crippen LogP contribution in [0.15, 0.2) is 17.3 Å². The Morgan fingerprint density at radius 2 is 1.96 bits per heavy atom. The number of hydrogen-bond acceptors (Lipinski definition) is 3. The van der Waals surface area contributed by atoms with Crippen molar-refractivity contribution in [3.8, 4) is 0 Å². The lowest BCUT2D eigenvalue weighted by atomic mass is 9.49. The van der Waals surface area contributed by atoms with E-state index in [1.807, 2.05) is 6.92 Å². The molecule has 0 radical (unpaired) electrons. The van der Waals surface area contributed by atoms with Gasteiger partial charge in [0, 0.05) is 5.56 Å². The lowest BCUT2D eigenvalue weighted by molar-refractivity contribution is -0.156.